The highest BCUT2D eigenvalue weighted by atomic mass is 16.5. The normalized spacial score (nSPS) is 16.6. The zero-order valence-electron chi connectivity index (χ0n) is 14.5. The minimum absolute atomic E-state index is 0.0498. The molecule has 0 aromatic heterocycles. The van der Waals surface area contributed by atoms with E-state index in [1.54, 1.807) is 23.1 Å². The highest BCUT2D eigenvalue weighted by molar-refractivity contribution is 5.94. The molecule has 136 valence electrons. The lowest BCUT2D eigenvalue weighted by molar-refractivity contribution is -0.141. The number of methoxy groups -OCH3 is 1. The van der Waals surface area contributed by atoms with Crippen molar-refractivity contribution in [2.45, 2.75) is 26.2 Å². The summed E-state index contributed by atoms with van der Waals surface area (Å²) in [6, 6.07) is 4.97. The predicted octanol–water partition coefficient (Wildman–Crippen LogP) is 1.99. The van der Waals surface area contributed by atoms with Gasteiger partial charge in [-0.15, -0.1) is 0 Å². The van der Waals surface area contributed by atoms with Gasteiger partial charge in [0.15, 0.2) is 17.3 Å². The van der Waals surface area contributed by atoms with Crippen molar-refractivity contribution in [2.24, 2.45) is 5.92 Å². The van der Waals surface area contributed by atoms with Crippen molar-refractivity contribution in [1.82, 2.24) is 4.90 Å². The van der Waals surface area contributed by atoms with Crippen LogP contribution in [0, 0.1) is 5.92 Å². The average molecular weight is 349 g/mol. The lowest BCUT2D eigenvalue weighted by Crippen LogP contribution is -2.30. The first-order valence-corrected chi connectivity index (χ1v) is 8.24. The van der Waals surface area contributed by atoms with Gasteiger partial charge in [-0.2, -0.15) is 0 Å². The number of hydrogen-bond acceptors (Lipinski definition) is 5. The molecule has 1 aliphatic rings. The second-order valence-corrected chi connectivity index (χ2v) is 6.04. The number of carbonyl (C=O) groups is 3. The number of hydrogen-bond donors (Lipinski definition) is 1. The van der Waals surface area contributed by atoms with E-state index in [9.17, 15) is 14.4 Å². The van der Waals surface area contributed by atoms with Crippen molar-refractivity contribution in [3.63, 3.8) is 0 Å². The van der Waals surface area contributed by atoms with Crippen molar-refractivity contribution in [1.29, 1.82) is 0 Å². The molecular formula is C18H23NO6. The summed E-state index contributed by atoms with van der Waals surface area (Å²) in [5.41, 5.74) is 0.543. The Morgan fingerprint density at radius 1 is 1.28 bits per heavy atom. The molecule has 0 spiro atoms. The van der Waals surface area contributed by atoms with Crippen LogP contribution in [-0.4, -0.2) is 54.5 Å². The fraction of sp³-hybridized carbons (Fsp3) is 0.500. The van der Waals surface area contributed by atoms with Gasteiger partial charge in [0.1, 0.15) is 0 Å². The molecule has 1 aliphatic heterocycles. The monoisotopic (exact) mass is 349 g/mol. The van der Waals surface area contributed by atoms with E-state index in [0.717, 1.165) is 0 Å². The van der Waals surface area contributed by atoms with E-state index >= 15 is 0 Å². The third kappa shape index (κ3) is 4.95. The molecule has 1 aromatic rings. The molecule has 1 aromatic carbocycles. The molecule has 1 saturated heterocycles. The Kier molecular flexibility index (Phi) is 6.38. The van der Waals surface area contributed by atoms with Gasteiger partial charge in [0.25, 0.3) is 0 Å². The molecule has 1 amide bonds. The molecule has 1 heterocycles. The smallest absolute Gasteiger partial charge is 0.308 e. The fourth-order valence-electron chi connectivity index (χ4n) is 2.76. The van der Waals surface area contributed by atoms with Gasteiger partial charge >= 0.3 is 5.97 Å². The first kappa shape index (κ1) is 18.8. The van der Waals surface area contributed by atoms with E-state index in [2.05, 4.69) is 0 Å². The summed E-state index contributed by atoms with van der Waals surface area (Å²) < 4.78 is 10.9. The molecule has 7 nitrogen and oxygen atoms in total. The van der Waals surface area contributed by atoms with Crippen LogP contribution in [0.5, 0.6) is 11.5 Å². The van der Waals surface area contributed by atoms with E-state index in [0.29, 0.717) is 49.5 Å². The predicted molar refractivity (Wildman–Crippen MR) is 90.1 cm³/mol. The molecule has 0 radical (unpaired) electrons. The molecule has 1 fully saturated rings. The maximum atomic E-state index is 12.1. The molecule has 0 bridgehead atoms. The summed E-state index contributed by atoms with van der Waals surface area (Å²) in [5.74, 6) is -0.411. The first-order valence-electron chi connectivity index (χ1n) is 8.24. The number of ether oxygens (including phenoxy) is 2. The van der Waals surface area contributed by atoms with Crippen molar-refractivity contribution >= 4 is 17.7 Å². The second kappa shape index (κ2) is 8.50. The molecule has 1 atom stereocenters. The van der Waals surface area contributed by atoms with E-state index in [4.69, 9.17) is 14.6 Å². The quantitative estimate of drug-likeness (QED) is 0.570. The zero-order chi connectivity index (χ0) is 18.4. The zero-order valence-corrected chi connectivity index (χ0v) is 14.5. The van der Waals surface area contributed by atoms with Gasteiger partial charge < -0.3 is 19.5 Å². The number of likely N-dealkylation sites (tertiary alicyclic amines) is 1. The highest BCUT2D eigenvalue weighted by Gasteiger charge is 2.30. The molecule has 1 N–H and O–H groups in total. The van der Waals surface area contributed by atoms with Crippen LogP contribution in [-0.2, 0) is 9.59 Å². The minimum atomic E-state index is -0.847. The number of ketones is 1. The van der Waals surface area contributed by atoms with Crippen LogP contribution in [0.3, 0.4) is 0 Å². The maximum Gasteiger partial charge on any atom is 0.308 e. The number of carbonyl (C=O) groups excluding carboxylic acids is 2. The van der Waals surface area contributed by atoms with Gasteiger partial charge in [-0.1, -0.05) is 0 Å². The Bertz CT molecular complexity index is 657. The summed E-state index contributed by atoms with van der Waals surface area (Å²) in [5, 5.41) is 8.97. The van der Waals surface area contributed by atoms with Crippen molar-refractivity contribution in [3.8, 4) is 11.5 Å². The Balaban J connectivity index is 1.78. The van der Waals surface area contributed by atoms with Gasteiger partial charge in [-0.3, -0.25) is 14.4 Å². The molecule has 0 aliphatic carbocycles. The number of nitrogens with zero attached hydrogens (tertiary/aromatic N) is 1. The summed E-state index contributed by atoms with van der Waals surface area (Å²) in [4.78, 5) is 36.0. The van der Waals surface area contributed by atoms with Gasteiger partial charge in [-0.05, 0) is 38.0 Å². The van der Waals surface area contributed by atoms with Crippen molar-refractivity contribution < 1.29 is 29.0 Å². The van der Waals surface area contributed by atoms with Gasteiger partial charge in [0.05, 0.1) is 19.6 Å². The SMILES string of the molecule is COc1cc(C(C)=O)ccc1OCCCC(=O)N1CCC(C(=O)O)C1. The molecule has 0 saturated carbocycles. The molecule has 25 heavy (non-hydrogen) atoms. The summed E-state index contributed by atoms with van der Waals surface area (Å²) in [6.45, 7) is 2.60. The third-order valence-corrected chi connectivity index (χ3v) is 4.25. The van der Waals surface area contributed by atoms with E-state index in [-0.39, 0.29) is 18.2 Å². The molecule has 7 heteroatoms. The average Bonchev–Trinajstić information content (AvgIpc) is 3.08. The second-order valence-electron chi connectivity index (χ2n) is 6.04. The fourth-order valence-corrected chi connectivity index (χ4v) is 2.76. The molecular weight excluding hydrogens is 326 g/mol. The van der Waals surface area contributed by atoms with Crippen LogP contribution < -0.4 is 9.47 Å². The first-order chi connectivity index (χ1) is 11.9. The number of aliphatic carboxylic acids is 1. The summed E-state index contributed by atoms with van der Waals surface area (Å²) >= 11 is 0. The van der Waals surface area contributed by atoms with Gasteiger partial charge in [-0.25, -0.2) is 0 Å². The maximum absolute atomic E-state index is 12.1. The molecule has 2 rings (SSSR count). The van der Waals surface area contributed by atoms with Gasteiger partial charge in [0.2, 0.25) is 5.91 Å². The Hall–Kier alpha value is -2.57. The Labute approximate surface area is 146 Å². The van der Waals surface area contributed by atoms with Crippen molar-refractivity contribution in [2.75, 3.05) is 26.8 Å². The van der Waals surface area contributed by atoms with E-state index < -0.39 is 11.9 Å². The summed E-state index contributed by atoms with van der Waals surface area (Å²) in [7, 11) is 1.50. The largest absolute Gasteiger partial charge is 0.493 e. The topological polar surface area (TPSA) is 93.1 Å². The van der Waals surface area contributed by atoms with Crippen LogP contribution in [0.25, 0.3) is 0 Å². The summed E-state index contributed by atoms with van der Waals surface area (Å²) in [6.07, 6.45) is 1.34. The van der Waals surface area contributed by atoms with Crippen molar-refractivity contribution in [3.05, 3.63) is 23.8 Å². The van der Waals surface area contributed by atoms with Crippen LogP contribution in [0.4, 0.5) is 0 Å². The number of carboxylic acids is 1. The Morgan fingerprint density at radius 2 is 2.04 bits per heavy atom. The lowest BCUT2D eigenvalue weighted by Gasteiger charge is -2.16. The number of Topliss-reactive ketones (excluding diaryl/α,β-unsaturated/α-hetero) is 1. The van der Waals surface area contributed by atoms with Crippen LogP contribution in [0.15, 0.2) is 18.2 Å². The number of carboxylic acid groups (broad SMARTS) is 1. The van der Waals surface area contributed by atoms with Crippen LogP contribution in [0.1, 0.15) is 36.5 Å². The minimum Gasteiger partial charge on any atom is -0.493 e. The molecule has 1 unspecified atom stereocenters. The van der Waals surface area contributed by atoms with Crippen LogP contribution >= 0.6 is 0 Å². The lowest BCUT2D eigenvalue weighted by atomic mass is 10.1. The van der Waals surface area contributed by atoms with Gasteiger partial charge in [0, 0.05) is 25.1 Å². The third-order valence-electron chi connectivity index (χ3n) is 4.25. The van der Waals surface area contributed by atoms with Crippen LogP contribution in [0.2, 0.25) is 0 Å². The van der Waals surface area contributed by atoms with E-state index in [1.165, 1.54) is 14.0 Å². The standard InChI is InChI=1S/C18H23NO6/c1-12(20)13-5-6-15(16(10-13)24-2)25-9-3-4-17(21)19-8-7-14(11-19)18(22)23/h5-6,10,14H,3-4,7-9,11H2,1-2H3,(H,22,23). The number of rotatable bonds is 8. The highest BCUT2D eigenvalue weighted by Crippen LogP contribution is 2.28. The number of benzene rings is 1. The van der Waals surface area contributed by atoms with E-state index in [1.807, 2.05) is 0 Å². The Morgan fingerprint density at radius 3 is 2.64 bits per heavy atom. The number of amides is 1.